The van der Waals surface area contributed by atoms with E-state index in [4.69, 9.17) is 0 Å². The third-order valence-corrected chi connectivity index (χ3v) is 2.86. The highest BCUT2D eigenvalue weighted by Gasteiger charge is 2.26. The molecule has 0 aliphatic rings. The third-order valence-electron chi connectivity index (χ3n) is 2.86. The number of nitrogens with zero attached hydrogens (tertiary/aromatic N) is 4. The van der Waals surface area contributed by atoms with Crippen molar-refractivity contribution in [2.45, 2.75) is 33.2 Å². The fourth-order valence-corrected chi connectivity index (χ4v) is 1.81. The average Bonchev–Trinajstić information content (AvgIpc) is 2.66. The molecule has 8 nitrogen and oxygen atoms in total. The number of hydrogen-bond donors (Lipinski definition) is 1. The highest BCUT2D eigenvalue weighted by Crippen LogP contribution is 2.30. The molecule has 0 aromatic carbocycles. The van der Waals surface area contributed by atoms with Crippen LogP contribution in [0.4, 0.5) is 11.5 Å². The molecule has 0 fully saturated rings. The minimum atomic E-state index is -0.447. The van der Waals surface area contributed by atoms with Crippen molar-refractivity contribution in [3.05, 3.63) is 15.8 Å². The van der Waals surface area contributed by atoms with Crippen molar-refractivity contribution in [3.8, 4) is 0 Å². The summed E-state index contributed by atoms with van der Waals surface area (Å²) in [5.74, 6) is 0.321. The monoisotopic (exact) mass is 283 g/mol. The Hall–Kier alpha value is -2.12. The third kappa shape index (κ3) is 3.46. The van der Waals surface area contributed by atoms with E-state index >= 15 is 0 Å². The number of rotatable bonds is 6. The van der Waals surface area contributed by atoms with Gasteiger partial charge in [-0.3, -0.25) is 14.9 Å². The summed E-state index contributed by atoms with van der Waals surface area (Å²) in [6.07, 6.45) is 0.270. The van der Waals surface area contributed by atoms with Gasteiger partial charge in [-0.05, 0) is 20.8 Å². The molecule has 0 saturated heterocycles. The summed E-state index contributed by atoms with van der Waals surface area (Å²) in [6, 6.07) is -0.00514. The van der Waals surface area contributed by atoms with Gasteiger partial charge in [0, 0.05) is 33.1 Å². The van der Waals surface area contributed by atoms with Gasteiger partial charge in [-0.2, -0.15) is 5.10 Å². The second-order valence-corrected chi connectivity index (χ2v) is 5.04. The van der Waals surface area contributed by atoms with Crippen LogP contribution in [0.5, 0.6) is 0 Å². The molecule has 20 heavy (non-hydrogen) atoms. The Morgan fingerprint density at radius 2 is 2.10 bits per heavy atom. The number of amides is 1. The first-order valence-electron chi connectivity index (χ1n) is 6.43. The molecule has 1 N–H and O–H groups in total. The molecule has 0 saturated carbocycles. The lowest BCUT2D eigenvalue weighted by Gasteiger charge is -2.13. The van der Waals surface area contributed by atoms with Crippen molar-refractivity contribution in [2.75, 3.05) is 26.0 Å². The molecule has 1 rings (SSSR count). The summed E-state index contributed by atoms with van der Waals surface area (Å²) in [4.78, 5) is 23.7. The topological polar surface area (TPSA) is 93.3 Å². The van der Waals surface area contributed by atoms with Crippen LogP contribution >= 0.6 is 0 Å². The van der Waals surface area contributed by atoms with Crippen molar-refractivity contribution >= 4 is 17.4 Å². The Morgan fingerprint density at radius 3 is 2.55 bits per heavy atom. The van der Waals surface area contributed by atoms with E-state index < -0.39 is 4.92 Å². The van der Waals surface area contributed by atoms with Gasteiger partial charge in [0.2, 0.25) is 11.7 Å². The summed E-state index contributed by atoms with van der Waals surface area (Å²) in [7, 11) is 3.35. The number of hydrogen-bond acceptors (Lipinski definition) is 5. The molecule has 0 aliphatic carbocycles. The van der Waals surface area contributed by atoms with Gasteiger partial charge in [0.05, 0.1) is 4.92 Å². The SMILES string of the molecule is Cc1nn(C(C)C)c(NCCC(=O)N(C)C)c1[N+](=O)[O-]. The van der Waals surface area contributed by atoms with Gasteiger partial charge in [0.1, 0.15) is 5.69 Å². The first-order valence-corrected chi connectivity index (χ1v) is 6.43. The van der Waals surface area contributed by atoms with Crippen LogP contribution in [-0.4, -0.2) is 46.2 Å². The van der Waals surface area contributed by atoms with Crippen molar-refractivity contribution in [2.24, 2.45) is 0 Å². The van der Waals surface area contributed by atoms with Crippen LogP contribution in [0.25, 0.3) is 0 Å². The van der Waals surface area contributed by atoms with Crippen molar-refractivity contribution in [3.63, 3.8) is 0 Å². The van der Waals surface area contributed by atoms with E-state index in [1.165, 1.54) is 4.90 Å². The van der Waals surface area contributed by atoms with E-state index in [0.717, 1.165) is 0 Å². The first kappa shape index (κ1) is 15.9. The van der Waals surface area contributed by atoms with Gasteiger partial charge in [-0.15, -0.1) is 0 Å². The summed E-state index contributed by atoms with van der Waals surface area (Å²) in [6.45, 7) is 5.72. The lowest BCUT2D eigenvalue weighted by molar-refractivity contribution is -0.384. The van der Waals surface area contributed by atoms with Gasteiger partial charge in [-0.1, -0.05) is 0 Å². The molecule has 1 amide bonds. The maximum atomic E-state index is 11.5. The summed E-state index contributed by atoms with van der Waals surface area (Å²) >= 11 is 0. The number of aryl methyl sites for hydroxylation is 1. The van der Waals surface area contributed by atoms with E-state index in [1.807, 2.05) is 13.8 Å². The number of nitro groups is 1. The molecular formula is C12H21N5O3. The minimum Gasteiger partial charge on any atom is -0.364 e. The Bertz CT molecular complexity index is 507. The molecule has 1 heterocycles. The molecule has 0 atom stereocenters. The fraction of sp³-hybridized carbons (Fsp3) is 0.667. The van der Waals surface area contributed by atoms with Crippen molar-refractivity contribution < 1.29 is 9.72 Å². The largest absolute Gasteiger partial charge is 0.364 e. The number of nitrogens with one attached hydrogen (secondary N) is 1. The highest BCUT2D eigenvalue weighted by molar-refractivity contribution is 5.76. The van der Waals surface area contributed by atoms with Crippen LogP contribution in [0.15, 0.2) is 0 Å². The molecule has 0 bridgehead atoms. The zero-order valence-corrected chi connectivity index (χ0v) is 12.5. The molecule has 0 radical (unpaired) electrons. The van der Waals surface area contributed by atoms with Gasteiger partial charge in [0.15, 0.2) is 0 Å². The van der Waals surface area contributed by atoms with Gasteiger partial charge < -0.3 is 10.2 Å². The van der Waals surface area contributed by atoms with E-state index in [-0.39, 0.29) is 24.1 Å². The lowest BCUT2D eigenvalue weighted by atomic mass is 10.3. The van der Waals surface area contributed by atoms with Gasteiger partial charge in [-0.25, -0.2) is 4.68 Å². The zero-order chi connectivity index (χ0) is 15.4. The van der Waals surface area contributed by atoms with E-state index in [0.29, 0.717) is 18.1 Å². The molecule has 1 aromatic rings. The van der Waals surface area contributed by atoms with Crippen LogP contribution < -0.4 is 5.32 Å². The van der Waals surface area contributed by atoms with E-state index in [1.54, 1.807) is 25.7 Å². The smallest absolute Gasteiger partial charge is 0.333 e. The van der Waals surface area contributed by atoms with Crippen LogP contribution in [0.1, 0.15) is 32.0 Å². The van der Waals surface area contributed by atoms with Crippen LogP contribution in [0, 0.1) is 17.0 Å². The number of carbonyl (C=O) groups is 1. The summed E-state index contributed by atoms with van der Waals surface area (Å²) in [5, 5.41) is 18.3. The van der Waals surface area contributed by atoms with Crippen LogP contribution in [0.2, 0.25) is 0 Å². The summed E-state index contributed by atoms with van der Waals surface area (Å²) in [5.41, 5.74) is 0.334. The first-order chi connectivity index (χ1) is 9.25. The second kappa shape index (κ2) is 6.36. The lowest BCUT2D eigenvalue weighted by Crippen LogP contribution is -2.24. The Kier molecular flexibility index (Phi) is 5.06. The van der Waals surface area contributed by atoms with E-state index in [2.05, 4.69) is 10.4 Å². The van der Waals surface area contributed by atoms with Crippen LogP contribution in [-0.2, 0) is 4.79 Å². The Balaban J connectivity index is 2.92. The average molecular weight is 283 g/mol. The number of carbonyl (C=O) groups excluding carboxylic acids is 1. The predicted octanol–water partition coefficient (Wildman–Crippen LogP) is 1.57. The number of anilines is 1. The van der Waals surface area contributed by atoms with Gasteiger partial charge >= 0.3 is 5.69 Å². The standard InChI is InChI=1S/C12H21N5O3/c1-8(2)16-12(11(17(19)20)9(3)14-16)13-7-6-10(18)15(4)5/h8,13H,6-7H2,1-5H3. The molecule has 0 spiro atoms. The molecule has 8 heteroatoms. The Labute approximate surface area is 117 Å². The van der Waals surface area contributed by atoms with Crippen molar-refractivity contribution in [1.82, 2.24) is 14.7 Å². The minimum absolute atomic E-state index is 0.00514. The van der Waals surface area contributed by atoms with Crippen LogP contribution in [0.3, 0.4) is 0 Å². The maximum absolute atomic E-state index is 11.5. The summed E-state index contributed by atoms with van der Waals surface area (Å²) < 4.78 is 1.58. The predicted molar refractivity (Wildman–Crippen MR) is 75.8 cm³/mol. The zero-order valence-electron chi connectivity index (χ0n) is 12.5. The van der Waals surface area contributed by atoms with Gasteiger partial charge in [0.25, 0.3) is 0 Å². The molecule has 0 unspecified atom stereocenters. The van der Waals surface area contributed by atoms with Crippen molar-refractivity contribution in [1.29, 1.82) is 0 Å². The second-order valence-electron chi connectivity index (χ2n) is 5.04. The van der Waals surface area contributed by atoms with E-state index in [9.17, 15) is 14.9 Å². The number of aromatic nitrogens is 2. The molecule has 112 valence electrons. The highest BCUT2D eigenvalue weighted by atomic mass is 16.6. The molecular weight excluding hydrogens is 262 g/mol. The molecule has 0 aliphatic heterocycles. The Morgan fingerprint density at radius 1 is 1.50 bits per heavy atom. The molecule has 1 aromatic heterocycles. The fourth-order valence-electron chi connectivity index (χ4n) is 1.81. The quantitative estimate of drug-likeness (QED) is 0.632. The maximum Gasteiger partial charge on any atom is 0.333 e. The normalized spacial score (nSPS) is 10.7.